The smallest absolute Gasteiger partial charge is 0.204 e. The van der Waals surface area contributed by atoms with Crippen molar-refractivity contribution in [1.29, 1.82) is 0 Å². The van der Waals surface area contributed by atoms with Gasteiger partial charge in [-0.1, -0.05) is 24.3 Å². The lowest BCUT2D eigenvalue weighted by atomic mass is 10.2. The number of sulfone groups is 1. The summed E-state index contributed by atoms with van der Waals surface area (Å²) in [4.78, 5) is 0.664. The third-order valence-corrected chi connectivity index (χ3v) is 5.10. The first-order valence-corrected chi connectivity index (χ1v) is 8.82. The highest BCUT2D eigenvalue weighted by Gasteiger charge is 2.17. The van der Waals surface area contributed by atoms with E-state index >= 15 is 0 Å². The predicted octanol–water partition coefficient (Wildman–Crippen LogP) is 3.28. The van der Waals surface area contributed by atoms with Gasteiger partial charge in [0.25, 0.3) is 0 Å². The normalized spacial score (nSPS) is 12.4. The van der Waals surface area contributed by atoms with Crippen LogP contribution in [0.1, 0.15) is 5.56 Å². The van der Waals surface area contributed by atoms with Crippen LogP contribution in [0.15, 0.2) is 63.7 Å². The number of benzene rings is 2. The van der Waals surface area contributed by atoms with E-state index in [4.69, 9.17) is 5.73 Å². The quantitative estimate of drug-likeness (QED) is 0.877. The van der Waals surface area contributed by atoms with Crippen LogP contribution in [0.3, 0.4) is 0 Å². The molecule has 0 unspecified atom stereocenters. The number of thioether (sulfide) groups is 1. The monoisotopic (exact) mass is 323 g/mol. The van der Waals surface area contributed by atoms with Crippen LogP contribution in [0.4, 0.5) is 4.39 Å². The molecular weight excluding hydrogens is 309 g/mol. The van der Waals surface area contributed by atoms with Crippen LogP contribution in [0.25, 0.3) is 5.70 Å². The van der Waals surface area contributed by atoms with Gasteiger partial charge in [-0.25, -0.2) is 12.8 Å². The maximum absolute atomic E-state index is 13.6. The zero-order valence-electron chi connectivity index (χ0n) is 11.3. The molecular formula is C15H14FNO2S2. The summed E-state index contributed by atoms with van der Waals surface area (Å²) < 4.78 is 37.9. The summed E-state index contributed by atoms with van der Waals surface area (Å²) in [5, 5.41) is 0.888. The molecule has 0 aliphatic rings. The molecule has 0 saturated carbocycles. The Hall–Kier alpha value is -1.79. The van der Waals surface area contributed by atoms with E-state index in [2.05, 4.69) is 0 Å². The minimum Gasteiger partial charge on any atom is -0.398 e. The number of halogens is 1. The van der Waals surface area contributed by atoms with Crippen LogP contribution in [-0.4, -0.2) is 14.7 Å². The minimum absolute atomic E-state index is 0.0749. The Bertz CT molecular complexity index is 769. The topological polar surface area (TPSA) is 60.2 Å². The van der Waals surface area contributed by atoms with Crippen LogP contribution in [0.2, 0.25) is 0 Å². The molecule has 0 saturated heterocycles. The molecule has 0 aliphatic heterocycles. The third kappa shape index (κ3) is 3.65. The van der Waals surface area contributed by atoms with E-state index in [1.165, 1.54) is 18.2 Å². The van der Waals surface area contributed by atoms with E-state index in [1.807, 2.05) is 18.4 Å². The third-order valence-electron chi connectivity index (χ3n) is 2.85. The molecule has 2 N–H and O–H groups in total. The number of nitrogens with two attached hydrogens (primary N) is 1. The van der Waals surface area contributed by atoms with Gasteiger partial charge in [0.05, 0.1) is 11.1 Å². The first-order chi connectivity index (χ1) is 9.94. The van der Waals surface area contributed by atoms with Gasteiger partial charge in [-0.05, 0) is 36.1 Å². The summed E-state index contributed by atoms with van der Waals surface area (Å²) in [6, 6.07) is 12.4. The van der Waals surface area contributed by atoms with Crippen LogP contribution >= 0.6 is 11.8 Å². The van der Waals surface area contributed by atoms with E-state index in [0.717, 1.165) is 16.4 Å². The zero-order valence-corrected chi connectivity index (χ0v) is 12.9. The van der Waals surface area contributed by atoms with E-state index in [9.17, 15) is 12.8 Å². The van der Waals surface area contributed by atoms with Crippen molar-refractivity contribution in [2.24, 2.45) is 5.73 Å². The van der Waals surface area contributed by atoms with Gasteiger partial charge in [0.15, 0.2) is 0 Å². The van der Waals surface area contributed by atoms with Gasteiger partial charge in [0.1, 0.15) is 10.7 Å². The molecule has 0 atom stereocenters. The van der Waals surface area contributed by atoms with E-state index in [0.29, 0.717) is 5.56 Å². The first-order valence-electron chi connectivity index (χ1n) is 6.05. The van der Waals surface area contributed by atoms with Gasteiger partial charge < -0.3 is 5.73 Å². The molecule has 0 aromatic heterocycles. The number of hydrogen-bond acceptors (Lipinski definition) is 4. The van der Waals surface area contributed by atoms with Gasteiger partial charge in [-0.3, -0.25) is 0 Å². The predicted molar refractivity (Wildman–Crippen MR) is 84.0 cm³/mol. The van der Waals surface area contributed by atoms with Gasteiger partial charge in [0, 0.05) is 4.90 Å². The average molecular weight is 323 g/mol. The molecule has 3 nitrogen and oxygen atoms in total. The highest BCUT2D eigenvalue weighted by Crippen LogP contribution is 2.21. The second-order valence-electron chi connectivity index (χ2n) is 4.28. The summed E-state index contributed by atoms with van der Waals surface area (Å²) in [6.45, 7) is 0. The van der Waals surface area contributed by atoms with Gasteiger partial charge in [-0.2, -0.15) is 0 Å². The lowest BCUT2D eigenvalue weighted by molar-refractivity contribution is 0.572. The van der Waals surface area contributed by atoms with Crippen LogP contribution < -0.4 is 5.73 Å². The Morgan fingerprint density at radius 1 is 1.14 bits per heavy atom. The maximum Gasteiger partial charge on any atom is 0.204 e. The Balaban J connectivity index is 2.39. The molecule has 0 fully saturated rings. The molecule has 0 amide bonds. The van der Waals surface area contributed by atoms with Gasteiger partial charge >= 0.3 is 0 Å². The fraction of sp³-hybridized carbons (Fsp3) is 0.0667. The molecule has 2 aromatic rings. The standard InChI is InChI=1S/C15H14FNO2S2/c1-20-12-8-6-11(7-9-12)14(17)10-21(18,19)15-5-3-2-4-13(15)16/h2-10H,17H2,1H3/b14-10-. The maximum atomic E-state index is 13.6. The molecule has 2 rings (SSSR count). The van der Waals surface area contributed by atoms with E-state index < -0.39 is 15.7 Å². The fourth-order valence-electron chi connectivity index (χ4n) is 1.76. The average Bonchev–Trinajstić information content (AvgIpc) is 2.47. The lowest BCUT2D eigenvalue weighted by Gasteiger charge is -2.05. The number of hydrogen-bond donors (Lipinski definition) is 1. The Morgan fingerprint density at radius 2 is 1.76 bits per heavy atom. The van der Waals surface area contributed by atoms with Crippen LogP contribution in [0.5, 0.6) is 0 Å². The summed E-state index contributed by atoms with van der Waals surface area (Å²) in [5.41, 5.74) is 6.46. The summed E-state index contributed by atoms with van der Waals surface area (Å²) >= 11 is 1.57. The van der Waals surface area contributed by atoms with Crippen molar-refractivity contribution >= 4 is 27.3 Å². The SMILES string of the molecule is CSc1ccc(/C(N)=C/S(=O)(=O)c2ccccc2F)cc1. The van der Waals surface area contributed by atoms with Crippen molar-refractivity contribution in [3.63, 3.8) is 0 Å². The van der Waals surface area contributed by atoms with Crippen molar-refractivity contribution in [3.05, 3.63) is 65.3 Å². The Morgan fingerprint density at radius 3 is 2.33 bits per heavy atom. The van der Waals surface area contributed by atoms with Gasteiger partial charge in [-0.15, -0.1) is 11.8 Å². The van der Waals surface area contributed by atoms with Crippen LogP contribution in [0, 0.1) is 5.82 Å². The molecule has 21 heavy (non-hydrogen) atoms. The van der Waals surface area contributed by atoms with Crippen molar-refractivity contribution < 1.29 is 12.8 Å². The molecule has 0 bridgehead atoms. The summed E-state index contributed by atoms with van der Waals surface area (Å²) in [7, 11) is -3.92. The van der Waals surface area contributed by atoms with E-state index in [1.54, 1.807) is 23.9 Å². The summed E-state index contributed by atoms with van der Waals surface area (Å²) in [6.07, 6.45) is 1.94. The lowest BCUT2D eigenvalue weighted by Crippen LogP contribution is -2.05. The van der Waals surface area contributed by atoms with Crippen molar-refractivity contribution in [2.75, 3.05) is 6.26 Å². The fourth-order valence-corrected chi connectivity index (χ4v) is 3.37. The molecule has 0 aliphatic carbocycles. The zero-order chi connectivity index (χ0) is 15.5. The van der Waals surface area contributed by atoms with Crippen molar-refractivity contribution in [3.8, 4) is 0 Å². The summed E-state index contributed by atoms with van der Waals surface area (Å²) in [5.74, 6) is -0.792. The first kappa shape index (κ1) is 15.6. The van der Waals surface area contributed by atoms with Gasteiger partial charge in [0.2, 0.25) is 9.84 Å². The molecule has 2 aromatic carbocycles. The van der Waals surface area contributed by atoms with Crippen molar-refractivity contribution in [2.45, 2.75) is 9.79 Å². The largest absolute Gasteiger partial charge is 0.398 e. The second kappa shape index (κ2) is 6.32. The van der Waals surface area contributed by atoms with E-state index in [-0.39, 0.29) is 10.6 Å². The molecule has 110 valence electrons. The molecule has 0 heterocycles. The minimum atomic E-state index is -3.92. The molecule has 0 radical (unpaired) electrons. The molecule has 0 spiro atoms. The van der Waals surface area contributed by atoms with Crippen molar-refractivity contribution in [1.82, 2.24) is 0 Å². The Labute approximate surface area is 127 Å². The second-order valence-corrected chi connectivity index (χ2v) is 6.92. The number of rotatable bonds is 4. The molecule has 6 heteroatoms. The highest BCUT2D eigenvalue weighted by atomic mass is 32.2. The Kier molecular flexibility index (Phi) is 4.69. The van der Waals surface area contributed by atoms with Crippen LogP contribution in [-0.2, 0) is 9.84 Å². The highest BCUT2D eigenvalue weighted by molar-refractivity contribution is 7.98.